The van der Waals surface area contributed by atoms with E-state index in [1.807, 2.05) is 20.8 Å². The summed E-state index contributed by atoms with van der Waals surface area (Å²) in [7, 11) is -3.56. The Morgan fingerprint density at radius 2 is 1.44 bits per heavy atom. The highest BCUT2D eigenvalue weighted by molar-refractivity contribution is 7.92. The van der Waals surface area contributed by atoms with Crippen LogP contribution in [0, 0.1) is 28.6 Å². The van der Waals surface area contributed by atoms with Crippen molar-refractivity contribution in [2.75, 3.05) is 12.3 Å². The molecule has 2 unspecified atom stereocenters. The van der Waals surface area contributed by atoms with Gasteiger partial charge in [0.15, 0.2) is 9.84 Å². The van der Waals surface area contributed by atoms with Gasteiger partial charge in [-0.15, -0.1) is 0 Å². The molecule has 5 rings (SSSR count). The molecule has 270 valence electrons. The Bertz CT molecular complexity index is 1410. The van der Waals surface area contributed by atoms with Gasteiger partial charge in [-0.3, -0.25) is 19.2 Å². The molecule has 5 fully saturated rings. The maximum absolute atomic E-state index is 14.5. The number of primary amides is 1. The van der Waals surface area contributed by atoms with Gasteiger partial charge in [0.05, 0.1) is 16.0 Å². The van der Waals surface area contributed by atoms with E-state index in [-0.39, 0.29) is 34.8 Å². The average molecular weight is 692 g/mol. The highest BCUT2D eigenvalue weighted by Gasteiger charge is 2.74. The van der Waals surface area contributed by atoms with Gasteiger partial charge in [-0.05, 0) is 87.9 Å². The number of nitrogens with one attached hydrogen (secondary N) is 3. The van der Waals surface area contributed by atoms with Crippen LogP contribution < -0.4 is 21.7 Å². The van der Waals surface area contributed by atoms with E-state index in [2.05, 4.69) is 16.0 Å². The highest BCUT2D eigenvalue weighted by Crippen LogP contribution is 2.72. The van der Waals surface area contributed by atoms with Gasteiger partial charge in [0.25, 0.3) is 5.91 Å². The van der Waals surface area contributed by atoms with Crippen molar-refractivity contribution in [2.45, 2.75) is 147 Å². The van der Waals surface area contributed by atoms with Crippen molar-refractivity contribution in [3.05, 3.63) is 0 Å². The number of hydrogen-bond donors (Lipinski definition) is 4. The van der Waals surface area contributed by atoms with E-state index in [0.29, 0.717) is 32.2 Å². The number of amides is 5. The zero-order chi connectivity index (χ0) is 35.4. The first-order chi connectivity index (χ1) is 22.2. The van der Waals surface area contributed by atoms with Crippen LogP contribution in [0.4, 0.5) is 4.79 Å². The van der Waals surface area contributed by atoms with Gasteiger partial charge in [0.1, 0.15) is 18.1 Å². The zero-order valence-electron chi connectivity index (χ0n) is 29.7. The van der Waals surface area contributed by atoms with Crippen molar-refractivity contribution in [1.82, 2.24) is 20.9 Å². The predicted molar refractivity (Wildman–Crippen MR) is 181 cm³/mol. The standard InChI is InChI=1S/C35H57N5O7S/c1-32(2,3)27(38-31(45)39-34(15-8-7-9-16-34)20-48(46,47)33(4,5)6)30(44)40-19-22-23(35(22)17-10-11-18-35)25(40)29(43)37-24(21-13-12-14-21)26(41)28(36)42/h21-25,27H,7-20H2,1-6H3,(H2,36,42)(H,37,43)(H2,38,39,45)/t22?,23-,24?,25-,27+/m0/s1. The second kappa shape index (κ2) is 12.9. The molecule has 48 heavy (non-hydrogen) atoms. The van der Waals surface area contributed by atoms with Crippen molar-refractivity contribution in [3.63, 3.8) is 0 Å². The maximum atomic E-state index is 14.5. The van der Waals surface area contributed by atoms with Crippen LogP contribution in [-0.2, 0) is 29.0 Å². The van der Waals surface area contributed by atoms with E-state index < -0.39 is 67.3 Å². The minimum atomic E-state index is -3.56. The van der Waals surface area contributed by atoms with Crippen molar-refractivity contribution < 1.29 is 32.4 Å². The van der Waals surface area contributed by atoms with Crippen LogP contribution in [-0.4, -0.2) is 83.6 Å². The molecule has 1 aliphatic heterocycles. The van der Waals surface area contributed by atoms with Gasteiger partial charge in [0, 0.05) is 6.54 Å². The first kappa shape index (κ1) is 36.6. The van der Waals surface area contributed by atoms with Crippen LogP contribution in [0.3, 0.4) is 0 Å². The fraction of sp³-hybridized carbons (Fsp3) is 0.857. The van der Waals surface area contributed by atoms with Gasteiger partial charge in [0.2, 0.25) is 17.6 Å². The summed E-state index contributed by atoms with van der Waals surface area (Å²) < 4.78 is 25.6. The van der Waals surface area contributed by atoms with Gasteiger partial charge < -0.3 is 26.6 Å². The lowest BCUT2D eigenvalue weighted by atomic mass is 9.78. The van der Waals surface area contributed by atoms with Gasteiger partial charge in [-0.25, -0.2) is 13.2 Å². The molecule has 4 aliphatic carbocycles. The van der Waals surface area contributed by atoms with Crippen molar-refractivity contribution in [2.24, 2.45) is 34.3 Å². The van der Waals surface area contributed by atoms with E-state index in [1.54, 1.807) is 25.7 Å². The summed E-state index contributed by atoms with van der Waals surface area (Å²) in [6.45, 7) is 10.9. The lowest BCUT2D eigenvalue weighted by Gasteiger charge is -2.41. The summed E-state index contributed by atoms with van der Waals surface area (Å²) in [5.41, 5.74) is 3.66. The average Bonchev–Trinajstić information content (AvgIpc) is 3.26. The fourth-order valence-corrected chi connectivity index (χ4v) is 10.7. The molecule has 0 aromatic rings. The minimum Gasteiger partial charge on any atom is -0.363 e. The topological polar surface area (TPSA) is 185 Å². The Kier molecular flexibility index (Phi) is 9.82. The molecular weight excluding hydrogens is 634 g/mol. The van der Waals surface area contributed by atoms with Gasteiger partial charge in [-0.1, -0.05) is 59.3 Å². The summed E-state index contributed by atoms with van der Waals surface area (Å²) >= 11 is 0. The summed E-state index contributed by atoms with van der Waals surface area (Å²) in [4.78, 5) is 68.8. The number of Topliss-reactive ketones (excluding diaryl/α,β-unsaturated/α-hetero) is 1. The number of hydrogen-bond acceptors (Lipinski definition) is 7. The smallest absolute Gasteiger partial charge is 0.315 e. The number of nitrogens with zero attached hydrogens (tertiary/aromatic N) is 1. The Balaban J connectivity index is 1.38. The predicted octanol–water partition coefficient (Wildman–Crippen LogP) is 2.97. The number of carbonyl (C=O) groups excluding carboxylic acids is 5. The molecule has 12 nitrogen and oxygen atoms in total. The van der Waals surface area contributed by atoms with Gasteiger partial charge in [-0.2, -0.15) is 0 Å². The Hall–Kier alpha value is -2.70. The van der Waals surface area contributed by atoms with E-state index >= 15 is 0 Å². The van der Waals surface area contributed by atoms with Crippen LogP contribution in [0.15, 0.2) is 0 Å². The molecule has 5 N–H and O–H groups in total. The summed E-state index contributed by atoms with van der Waals surface area (Å²) in [5, 5.41) is 8.78. The molecule has 1 saturated heterocycles. The molecule has 0 bridgehead atoms. The third kappa shape index (κ3) is 6.86. The van der Waals surface area contributed by atoms with Crippen molar-refractivity contribution >= 4 is 39.4 Å². The minimum absolute atomic E-state index is 0.00755. The summed E-state index contributed by atoms with van der Waals surface area (Å²) in [6.07, 6.45) is 10.0. The molecule has 5 amide bonds. The second-order valence-corrected chi connectivity index (χ2v) is 20.3. The molecule has 13 heteroatoms. The number of sulfone groups is 1. The molecule has 1 heterocycles. The van der Waals surface area contributed by atoms with E-state index in [4.69, 9.17) is 5.73 Å². The van der Waals surface area contributed by atoms with Crippen LogP contribution in [0.25, 0.3) is 0 Å². The quantitative estimate of drug-likeness (QED) is 0.254. The Morgan fingerprint density at radius 1 is 0.854 bits per heavy atom. The SMILES string of the molecule is CC(C)(C)[C@H](NC(=O)NC1(CS(=O)(=O)C(C)(C)C)CCCCC1)C(=O)N1CC2[C@@H]([C@H]1C(=O)NC(C(=O)C(N)=O)C1CCC1)C21CCCC1. The number of urea groups is 1. The van der Waals surface area contributed by atoms with E-state index in [1.165, 1.54) is 0 Å². The molecular formula is C35H57N5O7S. The third-order valence-corrected chi connectivity index (χ3v) is 15.1. The van der Waals surface area contributed by atoms with Gasteiger partial charge >= 0.3 is 6.03 Å². The van der Waals surface area contributed by atoms with E-state index in [9.17, 15) is 32.4 Å². The van der Waals surface area contributed by atoms with Crippen molar-refractivity contribution in [1.29, 1.82) is 0 Å². The highest BCUT2D eigenvalue weighted by atomic mass is 32.2. The molecule has 5 atom stereocenters. The van der Waals surface area contributed by atoms with E-state index in [0.717, 1.165) is 51.4 Å². The number of fused-ring (bicyclic) bond motifs is 3. The van der Waals surface area contributed by atoms with Crippen LogP contribution >= 0.6 is 0 Å². The Labute approximate surface area is 285 Å². The second-order valence-electron chi connectivity index (χ2n) is 17.5. The number of likely N-dealkylation sites (tertiary alicyclic amines) is 1. The number of piperidine rings is 1. The number of ketones is 1. The monoisotopic (exact) mass is 691 g/mol. The number of rotatable bonds is 10. The number of carbonyl (C=O) groups is 5. The molecule has 0 aromatic carbocycles. The molecule has 4 saturated carbocycles. The largest absolute Gasteiger partial charge is 0.363 e. The number of nitrogens with two attached hydrogens (primary N) is 1. The zero-order valence-corrected chi connectivity index (χ0v) is 30.5. The molecule has 0 aromatic heterocycles. The summed E-state index contributed by atoms with van der Waals surface area (Å²) in [6, 6.07) is -3.47. The van der Waals surface area contributed by atoms with Crippen LogP contribution in [0.2, 0.25) is 0 Å². The fourth-order valence-electron chi connectivity index (χ4n) is 9.13. The molecule has 1 spiro atoms. The third-order valence-electron chi connectivity index (χ3n) is 12.3. The van der Waals surface area contributed by atoms with Crippen LogP contribution in [0.1, 0.15) is 119 Å². The first-order valence-electron chi connectivity index (χ1n) is 18.0. The lowest BCUT2D eigenvalue weighted by Crippen LogP contribution is -2.64. The molecule has 0 radical (unpaired) electrons. The normalized spacial score (nSPS) is 27.7. The first-order valence-corrected chi connectivity index (χ1v) is 19.6. The summed E-state index contributed by atoms with van der Waals surface area (Å²) in [5.74, 6) is -3.00. The van der Waals surface area contributed by atoms with Crippen molar-refractivity contribution in [3.8, 4) is 0 Å². The van der Waals surface area contributed by atoms with Crippen LogP contribution in [0.5, 0.6) is 0 Å². The molecule has 5 aliphatic rings. The maximum Gasteiger partial charge on any atom is 0.315 e. The Morgan fingerprint density at radius 3 is 1.94 bits per heavy atom. The lowest BCUT2D eigenvalue weighted by molar-refractivity contribution is -0.145.